The standard InChI is InChI=1S/C16H24N2OS/c1-12-4-6-14(7-5-12)20-13(2)15(19)18-9-8-16(3,10-17)11-18/h4-7,13H,8-11,17H2,1-3H3. The zero-order valence-corrected chi connectivity index (χ0v) is 13.4. The molecule has 1 aliphatic rings. The molecule has 1 fully saturated rings. The highest BCUT2D eigenvalue weighted by molar-refractivity contribution is 8.00. The van der Waals surface area contributed by atoms with Gasteiger partial charge in [0.15, 0.2) is 0 Å². The lowest BCUT2D eigenvalue weighted by Crippen LogP contribution is -2.38. The maximum absolute atomic E-state index is 12.5. The summed E-state index contributed by atoms with van der Waals surface area (Å²) in [5.41, 5.74) is 7.14. The summed E-state index contributed by atoms with van der Waals surface area (Å²) in [6.07, 6.45) is 1.01. The van der Waals surface area contributed by atoms with Crippen LogP contribution < -0.4 is 5.73 Å². The van der Waals surface area contributed by atoms with Crippen LogP contribution in [-0.2, 0) is 4.79 Å². The third kappa shape index (κ3) is 3.55. The highest BCUT2D eigenvalue weighted by Crippen LogP contribution is 2.31. The Labute approximate surface area is 125 Å². The van der Waals surface area contributed by atoms with Crippen molar-refractivity contribution in [2.75, 3.05) is 19.6 Å². The van der Waals surface area contributed by atoms with Gasteiger partial charge in [-0.25, -0.2) is 0 Å². The smallest absolute Gasteiger partial charge is 0.235 e. The maximum atomic E-state index is 12.5. The first-order valence-electron chi connectivity index (χ1n) is 7.16. The van der Waals surface area contributed by atoms with Crippen molar-refractivity contribution in [3.8, 4) is 0 Å². The van der Waals surface area contributed by atoms with Crippen molar-refractivity contribution < 1.29 is 4.79 Å². The second kappa shape index (κ2) is 6.19. The zero-order valence-electron chi connectivity index (χ0n) is 12.6. The van der Waals surface area contributed by atoms with Gasteiger partial charge in [-0.2, -0.15) is 0 Å². The first-order valence-corrected chi connectivity index (χ1v) is 8.04. The summed E-state index contributed by atoms with van der Waals surface area (Å²) >= 11 is 1.63. The van der Waals surface area contributed by atoms with Crippen LogP contribution in [0.2, 0.25) is 0 Å². The van der Waals surface area contributed by atoms with Crippen LogP contribution in [-0.4, -0.2) is 35.7 Å². The number of benzene rings is 1. The van der Waals surface area contributed by atoms with Crippen LogP contribution >= 0.6 is 11.8 Å². The fraction of sp³-hybridized carbons (Fsp3) is 0.562. The number of carbonyl (C=O) groups is 1. The molecule has 2 N–H and O–H groups in total. The molecule has 0 saturated carbocycles. The average molecular weight is 292 g/mol. The van der Waals surface area contributed by atoms with Crippen LogP contribution in [0, 0.1) is 12.3 Å². The van der Waals surface area contributed by atoms with E-state index in [9.17, 15) is 4.79 Å². The van der Waals surface area contributed by atoms with Crippen molar-refractivity contribution in [3.63, 3.8) is 0 Å². The SMILES string of the molecule is Cc1ccc(SC(C)C(=O)N2CCC(C)(CN)C2)cc1. The first-order chi connectivity index (χ1) is 9.43. The Kier molecular flexibility index (Phi) is 4.76. The van der Waals surface area contributed by atoms with E-state index in [2.05, 4.69) is 38.1 Å². The van der Waals surface area contributed by atoms with E-state index in [0.29, 0.717) is 6.54 Å². The van der Waals surface area contributed by atoms with Gasteiger partial charge in [0, 0.05) is 18.0 Å². The van der Waals surface area contributed by atoms with Crippen LogP contribution in [0.5, 0.6) is 0 Å². The van der Waals surface area contributed by atoms with Crippen LogP contribution in [0.15, 0.2) is 29.2 Å². The molecule has 1 aliphatic heterocycles. The molecule has 2 rings (SSSR count). The number of aryl methyl sites for hydroxylation is 1. The molecule has 1 saturated heterocycles. The Morgan fingerprint density at radius 2 is 2.10 bits per heavy atom. The summed E-state index contributed by atoms with van der Waals surface area (Å²) in [7, 11) is 0. The molecule has 20 heavy (non-hydrogen) atoms. The summed E-state index contributed by atoms with van der Waals surface area (Å²) in [5, 5.41) is -0.0437. The highest BCUT2D eigenvalue weighted by Gasteiger charge is 2.36. The van der Waals surface area contributed by atoms with Crippen molar-refractivity contribution in [3.05, 3.63) is 29.8 Å². The zero-order chi connectivity index (χ0) is 14.8. The van der Waals surface area contributed by atoms with Crippen LogP contribution in [0.3, 0.4) is 0 Å². The summed E-state index contributed by atoms with van der Waals surface area (Å²) in [6.45, 7) is 8.51. The van der Waals surface area contributed by atoms with Crippen molar-refractivity contribution in [1.82, 2.24) is 4.90 Å². The highest BCUT2D eigenvalue weighted by atomic mass is 32.2. The van der Waals surface area contributed by atoms with E-state index in [4.69, 9.17) is 5.73 Å². The number of carbonyl (C=O) groups excluding carboxylic acids is 1. The van der Waals surface area contributed by atoms with Gasteiger partial charge in [-0.1, -0.05) is 24.6 Å². The summed E-state index contributed by atoms with van der Waals surface area (Å²) in [4.78, 5) is 15.6. The Balaban J connectivity index is 1.94. The lowest BCUT2D eigenvalue weighted by atomic mass is 9.90. The Hall–Kier alpha value is -1.00. The Morgan fingerprint density at radius 3 is 2.65 bits per heavy atom. The molecule has 4 heteroatoms. The molecule has 0 aromatic heterocycles. The van der Waals surface area contributed by atoms with Crippen LogP contribution in [0.1, 0.15) is 25.8 Å². The topological polar surface area (TPSA) is 46.3 Å². The number of rotatable bonds is 4. The van der Waals surface area contributed by atoms with E-state index < -0.39 is 0 Å². The van der Waals surface area contributed by atoms with Crippen molar-refractivity contribution in [2.45, 2.75) is 37.3 Å². The third-order valence-electron chi connectivity index (χ3n) is 4.04. The summed E-state index contributed by atoms with van der Waals surface area (Å²) in [5.74, 6) is 0.229. The van der Waals surface area contributed by atoms with Gasteiger partial charge in [-0.15, -0.1) is 11.8 Å². The van der Waals surface area contributed by atoms with Gasteiger partial charge in [-0.05, 0) is 44.4 Å². The minimum atomic E-state index is -0.0437. The molecule has 0 spiro atoms. The molecule has 2 atom stereocenters. The summed E-state index contributed by atoms with van der Waals surface area (Å²) < 4.78 is 0. The van der Waals surface area contributed by atoms with Crippen molar-refractivity contribution in [2.24, 2.45) is 11.1 Å². The number of amides is 1. The predicted molar refractivity (Wildman–Crippen MR) is 84.9 cm³/mol. The quantitative estimate of drug-likeness (QED) is 0.868. The summed E-state index contributed by atoms with van der Waals surface area (Å²) in [6, 6.07) is 8.33. The second-order valence-corrected chi connectivity index (χ2v) is 7.51. The number of likely N-dealkylation sites (tertiary alicyclic amines) is 1. The first kappa shape index (κ1) is 15.4. The second-order valence-electron chi connectivity index (χ2n) is 6.10. The largest absolute Gasteiger partial charge is 0.341 e. The molecule has 2 unspecified atom stereocenters. The van der Waals surface area contributed by atoms with Gasteiger partial charge in [0.25, 0.3) is 0 Å². The Morgan fingerprint density at radius 1 is 1.45 bits per heavy atom. The minimum Gasteiger partial charge on any atom is -0.341 e. The van der Waals surface area contributed by atoms with E-state index in [1.165, 1.54) is 5.56 Å². The third-order valence-corrected chi connectivity index (χ3v) is 5.14. The van der Waals surface area contributed by atoms with E-state index in [1.807, 2.05) is 11.8 Å². The number of nitrogens with two attached hydrogens (primary N) is 1. The lowest BCUT2D eigenvalue weighted by Gasteiger charge is -2.24. The molecule has 110 valence electrons. The van der Waals surface area contributed by atoms with Crippen LogP contribution in [0.4, 0.5) is 0 Å². The van der Waals surface area contributed by atoms with E-state index in [0.717, 1.165) is 24.4 Å². The Bertz CT molecular complexity index is 474. The van der Waals surface area contributed by atoms with Gasteiger partial charge in [0.05, 0.1) is 5.25 Å². The predicted octanol–water partition coefficient (Wildman–Crippen LogP) is 2.67. The van der Waals surface area contributed by atoms with Gasteiger partial charge in [0.2, 0.25) is 5.91 Å². The van der Waals surface area contributed by atoms with Crippen molar-refractivity contribution >= 4 is 17.7 Å². The maximum Gasteiger partial charge on any atom is 0.235 e. The monoisotopic (exact) mass is 292 g/mol. The molecule has 0 bridgehead atoms. The van der Waals surface area contributed by atoms with Gasteiger partial charge >= 0.3 is 0 Å². The number of thioether (sulfide) groups is 1. The van der Waals surface area contributed by atoms with E-state index >= 15 is 0 Å². The number of hydrogen-bond acceptors (Lipinski definition) is 3. The molecule has 1 heterocycles. The normalized spacial score (nSPS) is 23.9. The van der Waals surface area contributed by atoms with Crippen LogP contribution in [0.25, 0.3) is 0 Å². The molecule has 0 aliphatic carbocycles. The van der Waals surface area contributed by atoms with E-state index in [1.54, 1.807) is 11.8 Å². The van der Waals surface area contributed by atoms with Gasteiger partial charge in [0.1, 0.15) is 0 Å². The minimum absolute atomic E-state index is 0.0437. The molecular weight excluding hydrogens is 268 g/mol. The van der Waals surface area contributed by atoms with Gasteiger partial charge in [-0.3, -0.25) is 4.79 Å². The average Bonchev–Trinajstić information content (AvgIpc) is 2.84. The molecular formula is C16H24N2OS. The molecule has 3 nitrogen and oxygen atoms in total. The molecule has 1 aromatic rings. The number of hydrogen-bond donors (Lipinski definition) is 1. The lowest BCUT2D eigenvalue weighted by molar-refractivity contribution is -0.129. The molecule has 1 aromatic carbocycles. The fourth-order valence-electron chi connectivity index (χ4n) is 2.51. The molecule has 1 amide bonds. The van der Waals surface area contributed by atoms with E-state index in [-0.39, 0.29) is 16.6 Å². The van der Waals surface area contributed by atoms with Crippen molar-refractivity contribution in [1.29, 1.82) is 0 Å². The van der Waals surface area contributed by atoms with Gasteiger partial charge < -0.3 is 10.6 Å². The number of nitrogens with zero attached hydrogens (tertiary/aromatic N) is 1. The molecule has 0 radical (unpaired) electrons. The fourth-order valence-corrected chi connectivity index (χ4v) is 3.46.